The van der Waals surface area contributed by atoms with Gasteiger partial charge >= 0.3 is 0 Å². The van der Waals surface area contributed by atoms with Crippen molar-refractivity contribution in [1.82, 2.24) is 9.78 Å². The fourth-order valence-corrected chi connectivity index (χ4v) is 3.35. The first-order chi connectivity index (χ1) is 8.13. The van der Waals surface area contributed by atoms with E-state index >= 15 is 0 Å². The Morgan fingerprint density at radius 1 is 1.47 bits per heavy atom. The molecule has 1 aromatic rings. The minimum absolute atomic E-state index is 0.328. The molecule has 2 saturated carbocycles. The Kier molecular flexibility index (Phi) is 2.39. The van der Waals surface area contributed by atoms with Gasteiger partial charge in [0.15, 0.2) is 0 Å². The van der Waals surface area contributed by atoms with Crippen LogP contribution in [0.5, 0.6) is 0 Å². The summed E-state index contributed by atoms with van der Waals surface area (Å²) in [4.78, 5) is 11.7. The molecule has 0 saturated heterocycles. The molecule has 3 unspecified atom stereocenters. The molecule has 0 N–H and O–H groups in total. The molecule has 3 atom stereocenters. The standard InChI is InChI=1S/C14H20N2O/c1-4-9-7-11(16(15-9)8(2)3)13-10-5-6-12(17)14(10)13/h7-8,10,13-14H,4-6H2,1-3H3. The van der Waals surface area contributed by atoms with Gasteiger partial charge < -0.3 is 0 Å². The van der Waals surface area contributed by atoms with Gasteiger partial charge in [-0.2, -0.15) is 5.10 Å². The smallest absolute Gasteiger partial charge is 0.136 e. The van der Waals surface area contributed by atoms with Crippen LogP contribution in [0, 0.1) is 11.8 Å². The average Bonchev–Trinajstić information content (AvgIpc) is 2.67. The molecular weight excluding hydrogens is 212 g/mol. The van der Waals surface area contributed by atoms with E-state index in [4.69, 9.17) is 0 Å². The van der Waals surface area contributed by atoms with Crippen LogP contribution in [0.25, 0.3) is 0 Å². The Morgan fingerprint density at radius 3 is 2.76 bits per heavy atom. The Labute approximate surface area is 102 Å². The van der Waals surface area contributed by atoms with Crippen molar-refractivity contribution in [2.45, 2.75) is 52.0 Å². The van der Waals surface area contributed by atoms with Crippen molar-refractivity contribution in [2.75, 3.05) is 0 Å². The molecule has 17 heavy (non-hydrogen) atoms. The van der Waals surface area contributed by atoms with Crippen molar-refractivity contribution in [1.29, 1.82) is 0 Å². The van der Waals surface area contributed by atoms with Gasteiger partial charge in [-0.1, -0.05) is 6.92 Å². The summed E-state index contributed by atoms with van der Waals surface area (Å²) in [6.45, 7) is 6.46. The highest BCUT2D eigenvalue weighted by Crippen LogP contribution is 2.61. The predicted molar refractivity (Wildman–Crippen MR) is 66.0 cm³/mol. The summed E-state index contributed by atoms with van der Waals surface area (Å²) in [6.07, 6.45) is 2.88. The Morgan fingerprint density at radius 2 is 2.24 bits per heavy atom. The fraction of sp³-hybridized carbons (Fsp3) is 0.714. The summed E-state index contributed by atoms with van der Waals surface area (Å²) in [5.74, 6) is 1.91. The van der Waals surface area contributed by atoms with E-state index in [-0.39, 0.29) is 0 Å². The van der Waals surface area contributed by atoms with Crippen LogP contribution in [-0.2, 0) is 11.2 Å². The zero-order valence-corrected chi connectivity index (χ0v) is 10.8. The second kappa shape index (κ2) is 3.69. The van der Waals surface area contributed by atoms with Crippen molar-refractivity contribution in [2.24, 2.45) is 11.8 Å². The SMILES string of the molecule is CCc1cc(C2C3CCC(=O)C32)n(C(C)C)n1. The summed E-state index contributed by atoms with van der Waals surface area (Å²) < 4.78 is 2.13. The van der Waals surface area contributed by atoms with Gasteiger partial charge in [-0.05, 0) is 38.7 Å². The van der Waals surface area contributed by atoms with E-state index < -0.39 is 0 Å². The molecule has 92 valence electrons. The molecule has 2 aliphatic rings. The molecule has 0 aromatic carbocycles. The highest BCUT2D eigenvalue weighted by Gasteiger charge is 2.59. The van der Waals surface area contributed by atoms with Gasteiger partial charge in [0.05, 0.1) is 5.69 Å². The van der Waals surface area contributed by atoms with Crippen molar-refractivity contribution in [3.05, 3.63) is 17.5 Å². The molecular formula is C14H20N2O. The van der Waals surface area contributed by atoms with Gasteiger partial charge in [-0.25, -0.2) is 0 Å². The van der Waals surface area contributed by atoms with Crippen LogP contribution >= 0.6 is 0 Å². The molecule has 3 nitrogen and oxygen atoms in total. The van der Waals surface area contributed by atoms with Gasteiger partial charge in [0.25, 0.3) is 0 Å². The number of nitrogens with zero attached hydrogens (tertiary/aromatic N) is 2. The van der Waals surface area contributed by atoms with E-state index in [1.165, 1.54) is 5.69 Å². The van der Waals surface area contributed by atoms with E-state index in [1.807, 2.05) is 0 Å². The average molecular weight is 232 g/mol. The lowest BCUT2D eigenvalue weighted by atomic mass is 10.1. The topological polar surface area (TPSA) is 34.9 Å². The highest BCUT2D eigenvalue weighted by molar-refractivity contribution is 5.88. The third kappa shape index (κ3) is 1.55. The Bertz CT molecular complexity index is 461. The Balaban J connectivity index is 1.93. The van der Waals surface area contributed by atoms with Crippen molar-refractivity contribution >= 4 is 5.78 Å². The van der Waals surface area contributed by atoms with Gasteiger partial charge in [-0.15, -0.1) is 0 Å². The third-order valence-corrected chi connectivity index (χ3v) is 4.27. The van der Waals surface area contributed by atoms with E-state index in [2.05, 4.69) is 36.6 Å². The van der Waals surface area contributed by atoms with Gasteiger partial charge in [0, 0.05) is 30.0 Å². The van der Waals surface area contributed by atoms with Gasteiger partial charge in [0.1, 0.15) is 5.78 Å². The van der Waals surface area contributed by atoms with E-state index in [1.54, 1.807) is 0 Å². The number of aryl methyl sites for hydroxylation is 1. The lowest BCUT2D eigenvalue weighted by molar-refractivity contribution is -0.119. The van der Waals surface area contributed by atoms with Gasteiger partial charge in [-0.3, -0.25) is 9.48 Å². The lowest BCUT2D eigenvalue weighted by Gasteiger charge is -2.11. The molecule has 3 heteroatoms. The van der Waals surface area contributed by atoms with Crippen LogP contribution < -0.4 is 0 Å². The minimum Gasteiger partial charge on any atom is -0.299 e. The number of hydrogen-bond donors (Lipinski definition) is 0. The fourth-order valence-electron chi connectivity index (χ4n) is 3.35. The summed E-state index contributed by atoms with van der Waals surface area (Å²) >= 11 is 0. The van der Waals surface area contributed by atoms with Crippen LogP contribution in [0.4, 0.5) is 0 Å². The van der Waals surface area contributed by atoms with Crippen molar-refractivity contribution in [3.8, 4) is 0 Å². The number of rotatable bonds is 3. The molecule has 1 heterocycles. The molecule has 1 aromatic heterocycles. The molecule has 0 amide bonds. The quantitative estimate of drug-likeness (QED) is 0.803. The zero-order valence-electron chi connectivity index (χ0n) is 10.8. The number of fused-ring (bicyclic) bond motifs is 1. The van der Waals surface area contributed by atoms with E-state index in [0.717, 1.165) is 25.0 Å². The maximum atomic E-state index is 11.7. The lowest BCUT2D eigenvalue weighted by Crippen LogP contribution is -2.09. The van der Waals surface area contributed by atoms with Crippen LogP contribution in [0.3, 0.4) is 0 Å². The summed E-state index contributed by atoms with van der Waals surface area (Å²) in [5, 5.41) is 4.65. The molecule has 2 fully saturated rings. The first kappa shape index (κ1) is 11.0. The van der Waals surface area contributed by atoms with E-state index in [9.17, 15) is 4.79 Å². The summed E-state index contributed by atoms with van der Waals surface area (Å²) in [5.41, 5.74) is 2.46. The first-order valence-corrected chi connectivity index (χ1v) is 6.74. The van der Waals surface area contributed by atoms with Crippen LogP contribution in [0.1, 0.15) is 57.0 Å². The number of aromatic nitrogens is 2. The third-order valence-electron chi connectivity index (χ3n) is 4.27. The molecule has 0 radical (unpaired) electrons. The predicted octanol–water partition coefficient (Wildman–Crippen LogP) is 2.72. The largest absolute Gasteiger partial charge is 0.299 e. The molecule has 0 aliphatic heterocycles. The molecule has 0 bridgehead atoms. The highest BCUT2D eigenvalue weighted by atomic mass is 16.1. The summed E-state index contributed by atoms with van der Waals surface area (Å²) in [6, 6.07) is 2.61. The Hall–Kier alpha value is -1.12. The second-order valence-electron chi connectivity index (χ2n) is 5.67. The number of Topliss-reactive ketones (excluding diaryl/α,β-unsaturated/α-hetero) is 1. The number of ketones is 1. The second-order valence-corrected chi connectivity index (χ2v) is 5.67. The van der Waals surface area contributed by atoms with Crippen molar-refractivity contribution in [3.63, 3.8) is 0 Å². The minimum atomic E-state index is 0.328. The van der Waals surface area contributed by atoms with Crippen LogP contribution in [0.15, 0.2) is 6.07 Å². The number of carbonyl (C=O) groups excluding carboxylic acids is 1. The number of carbonyl (C=O) groups is 1. The monoisotopic (exact) mass is 232 g/mol. The van der Waals surface area contributed by atoms with E-state index in [0.29, 0.717) is 29.6 Å². The normalized spacial score (nSPS) is 31.1. The maximum absolute atomic E-state index is 11.7. The molecule has 0 spiro atoms. The molecule has 2 aliphatic carbocycles. The van der Waals surface area contributed by atoms with Crippen LogP contribution in [-0.4, -0.2) is 15.6 Å². The zero-order chi connectivity index (χ0) is 12.2. The molecule has 3 rings (SSSR count). The van der Waals surface area contributed by atoms with Gasteiger partial charge in [0.2, 0.25) is 0 Å². The van der Waals surface area contributed by atoms with Crippen molar-refractivity contribution < 1.29 is 4.79 Å². The van der Waals surface area contributed by atoms with Crippen LogP contribution in [0.2, 0.25) is 0 Å². The summed E-state index contributed by atoms with van der Waals surface area (Å²) in [7, 11) is 0. The first-order valence-electron chi connectivity index (χ1n) is 6.74. The number of hydrogen-bond acceptors (Lipinski definition) is 2. The maximum Gasteiger partial charge on any atom is 0.136 e.